The summed E-state index contributed by atoms with van der Waals surface area (Å²) in [6.45, 7) is 0. The van der Waals surface area contributed by atoms with Crippen molar-refractivity contribution < 1.29 is 18.0 Å². The molecule has 2 nitrogen and oxygen atoms in total. The smallest absolute Gasteiger partial charge is 0.280 e. The zero-order valence-electron chi connectivity index (χ0n) is 6.81. The molecule has 1 aromatic heterocycles. The lowest BCUT2D eigenvalue weighted by atomic mass is 10.1. The first-order chi connectivity index (χ1) is 6.61. The van der Waals surface area contributed by atoms with E-state index < -0.39 is 29.4 Å². The Balaban J connectivity index is 3.35. The van der Waals surface area contributed by atoms with Gasteiger partial charge in [-0.25, -0.2) is 13.2 Å². The highest BCUT2D eigenvalue weighted by molar-refractivity contribution is 6.17. The van der Waals surface area contributed by atoms with E-state index in [-0.39, 0.29) is 11.8 Å². The summed E-state index contributed by atoms with van der Waals surface area (Å²) in [5, 5.41) is 0. The molecule has 0 radical (unpaired) electrons. The minimum absolute atomic E-state index is 0.202. The molecule has 0 saturated heterocycles. The summed E-state index contributed by atoms with van der Waals surface area (Å²) in [7, 11) is 0. The van der Waals surface area contributed by atoms with Crippen LogP contribution < -0.4 is 0 Å². The van der Waals surface area contributed by atoms with Crippen molar-refractivity contribution in [3.63, 3.8) is 0 Å². The van der Waals surface area contributed by atoms with Gasteiger partial charge in [-0.05, 0) is 0 Å². The summed E-state index contributed by atoms with van der Waals surface area (Å²) >= 11 is 5.28. The molecule has 0 aliphatic carbocycles. The van der Waals surface area contributed by atoms with E-state index in [1.807, 2.05) is 0 Å². The Morgan fingerprint density at radius 2 is 2.21 bits per heavy atom. The second-order valence-electron chi connectivity index (χ2n) is 2.44. The molecule has 0 atom stereocenters. The van der Waals surface area contributed by atoms with Gasteiger partial charge in [0.2, 0.25) is 0 Å². The van der Waals surface area contributed by atoms with Crippen LogP contribution in [0.15, 0.2) is 6.20 Å². The first-order valence-electron chi connectivity index (χ1n) is 3.58. The summed E-state index contributed by atoms with van der Waals surface area (Å²) in [6.07, 6.45) is -1.94. The van der Waals surface area contributed by atoms with Crippen LogP contribution in [0.3, 0.4) is 0 Å². The van der Waals surface area contributed by atoms with Gasteiger partial charge < -0.3 is 0 Å². The van der Waals surface area contributed by atoms with Crippen molar-refractivity contribution >= 4 is 17.9 Å². The average molecular weight is 224 g/mol. The first kappa shape index (κ1) is 11.0. The number of nitrogens with zero attached hydrogens (tertiary/aromatic N) is 1. The summed E-state index contributed by atoms with van der Waals surface area (Å²) in [6, 6.07) is 0. The molecule has 1 heterocycles. The third kappa shape index (κ3) is 1.87. The van der Waals surface area contributed by atoms with Crippen LogP contribution in [0, 0.1) is 5.82 Å². The van der Waals surface area contributed by atoms with E-state index in [9.17, 15) is 18.0 Å². The Kier molecular flexibility index (Phi) is 3.46. The molecule has 6 heteroatoms. The van der Waals surface area contributed by atoms with E-state index in [1.54, 1.807) is 0 Å². The maximum absolute atomic E-state index is 13.2. The number of hydrogen-bond donors (Lipinski definition) is 0. The van der Waals surface area contributed by atoms with Crippen LogP contribution in [0.1, 0.15) is 28.0 Å². The largest absolute Gasteiger partial charge is 0.298 e. The number of carbonyl (C=O) groups excluding carboxylic acids is 1. The highest BCUT2D eigenvalue weighted by Gasteiger charge is 2.19. The maximum Gasteiger partial charge on any atom is 0.280 e. The molecule has 0 amide bonds. The third-order valence-corrected chi connectivity index (χ3v) is 1.90. The van der Waals surface area contributed by atoms with Crippen LogP contribution in [0.4, 0.5) is 13.2 Å². The summed E-state index contributed by atoms with van der Waals surface area (Å²) in [4.78, 5) is 13.5. The molecule has 0 aromatic carbocycles. The highest BCUT2D eigenvalue weighted by Crippen LogP contribution is 2.25. The van der Waals surface area contributed by atoms with Gasteiger partial charge in [-0.2, -0.15) is 0 Å². The normalized spacial score (nSPS) is 10.6. The van der Waals surface area contributed by atoms with Crippen LogP contribution in [-0.4, -0.2) is 11.3 Å². The maximum atomic E-state index is 13.2. The van der Waals surface area contributed by atoms with Crippen LogP contribution in [0.25, 0.3) is 0 Å². The van der Waals surface area contributed by atoms with Crippen molar-refractivity contribution in [3.8, 4) is 0 Å². The van der Waals surface area contributed by atoms with Gasteiger partial charge in [-0.15, -0.1) is 11.6 Å². The van der Waals surface area contributed by atoms with Crippen LogP contribution in [0.2, 0.25) is 0 Å². The summed E-state index contributed by atoms with van der Waals surface area (Å²) in [5.74, 6) is -1.47. The summed E-state index contributed by atoms with van der Waals surface area (Å²) in [5.41, 5.74) is -1.51. The van der Waals surface area contributed by atoms with Gasteiger partial charge in [-0.3, -0.25) is 9.78 Å². The van der Waals surface area contributed by atoms with Gasteiger partial charge in [0.25, 0.3) is 6.43 Å². The number of alkyl halides is 3. The van der Waals surface area contributed by atoms with Gasteiger partial charge in [0.05, 0.1) is 11.4 Å². The topological polar surface area (TPSA) is 30.0 Å². The Morgan fingerprint density at radius 3 is 2.64 bits per heavy atom. The second kappa shape index (κ2) is 4.41. The molecule has 0 aliphatic rings. The summed E-state index contributed by atoms with van der Waals surface area (Å²) < 4.78 is 37.7. The molecule has 0 unspecified atom stereocenters. The monoisotopic (exact) mass is 223 g/mol. The van der Waals surface area contributed by atoms with Gasteiger partial charge in [0, 0.05) is 11.8 Å². The molecular formula is C8H5ClF3NO. The molecule has 0 spiro atoms. The lowest BCUT2D eigenvalue weighted by Gasteiger charge is -2.07. The molecule has 1 aromatic rings. The predicted octanol–water partition coefficient (Wildman–Crippen LogP) is 2.71. The molecule has 0 N–H and O–H groups in total. The molecule has 0 saturated carbocycles. The fourth-order valence-corrected chi connectivity index (χ4v) is 1.21. The highest BCUT2D eigenvalue weighted by atomic mass is 35.5. The van der Waals surface area contributed by atoms with Crippen LogP contribution >= 0.6 is 11.6 Å². The number of hydrogen-bond acceptors (Lipinski definition) is 2. The van der Waals surface area contributed by atoms with E-state index in [4.69, 9.17) is 11.6 Å². The third-order valence-electron chi connectivity index (χ3n) is 1.64. The minimum Gasteiger partial charge on any atom is -0.298 e. The van der Waals surface area contributed by atoms with Crippen molar-refractivity contribution in [2.75, 3.05) is 0 Å². The Labute approximate surface area is 82.7 Å². The van der Waals surface area contributed by atoms with Gasteiger partial charge in [0.1, 0.15) is 11.5 Å². The Morgan fingerprint density at radius 1 is 1.57 bits per heavy atom. The molecule has 0 aliphatic heterocycles. The van der Waals surface area contributed by atoms with Crippen LogP contribution in [0.5, 0.6) is 0 Å². The molecule has 76 valence electrons. The quantitative estimate of drug-likeness (QED) is 0.583. The Hall–Kier alpha value is -1.10. The van der Waals surface area contributed by atoms with E-state index in [0.29, 0.717) is 0 Å². The van der Waals surface area contributed by atoms with E-state index >= 15 is 0 Å². The number of aromatic nitrogens is 1. The number of aldehydes is 1. The fraction of sp³-hybridized carbons (Fsp3) is 0.250. The number of pyridine rings is 1. The van der Waals surface area contributed by atoms with Crippen molar-refractivity contribution in [3.05, 3.63) is 28.8 Å². The molecule has 0 bridgehead atoms. The van der Waals surface area contributed by atoms with Crippen molar-refractivity contribution in [1.29, 1.82) is 0 Å². The fourth-order valence-electron chi connectivity index (χ4n) is 0.958. The number of rotatable bonds is 3. The SMILES string of the molecule is O=Cc1cnc(C(F)F)c(CCl)c1F. The second-order valence-corrected chi connectivity index (χ2v) is 2.71. The van der Waals surface area contributed by atoms with Gasteiger partial charge in [-0.1, -0.05) is 0 Å². The van der Waals surface area contributed by atoms with E-state index in [0.717, 1.165) is 6.20 Å². The van der Waals surface area contributed by atoms with Crippen molar-refractivity contribution in [1.82, 2.24) is 4.98 Å². The zero-order chi connectivity index (χ0) is 10.7. The molecular weight excluding hydrogens is 219 g/mol. The number of halogens is 4. The van der Waals surface area contributed by atoms with Crippen molar-refractivity contribution in [2.45, 2.75) is 12.3 Å². The Bertz CT molecular complexity index is 357. The average Bonchev–Trinajstić information content (AvgIpc) is 2.17. The van der Waals surface area contributed by atoms with Crippen molar-refractivity contribution in [2.24, 2.45) is 0 Å². The molecule has 0 fully saturated rings. The van der Waals surface area contributed by atoms with Crippen LogP contribution in [-0.2, 0) is 5.88 Å². The molecule has 1 rings (SSSR count). The predicted molar refractivity (Wildman–Crippen MR) is 44.1 cm³/mol. The standard InChI is InChI=1S/C8H5ClF3NO/c9-1-5-6(10)4(3-14)2-13-7(5)8(11)12/h2-3,8H,1H2. The van der Waals surface area contributed by atoms with E-state index in [1.165, 1.54) is 0 Å². The lowest BCUT2D eigenvalue weighted by Crippen LogP contribution is -2.03. The van der Waals surface area contributed by atoms with Gasteiger partial charge >= 0.3 is 0 Å². The van der Waals surface area contributed by atoms with Gasteiger partial charge in [0.15, 0.2) is 6.29 Å². The first-order valence-corrected chi connectivity index (χ1v) is 4.11. The molecule has 14 heavy (non-hydrogen) atoms. The number of carbonyl (C=O) groups is 1. The minimum atomic E-state index is -2.90. The zero-order valence-corrected chi connectivity index (χ0v) is 7.56. The van der Waals surface area contributed by atoms with E-state index in [2.05, 4.69) is 4.98 Å². The lowest BCUT2D eigenvalue weighted by molar-refractivity contribution is 0.111.